The molecule has 0 unspecified atom stereocenters. The van der Waals surface area contributed by atoms with Gasteiger partial charge in [0.25, 0.3) is 5.56 Å². The number of aliphatic carboxylic acids is 4. The molecule has 1 amide bonds. The van der Waals surface area contributed by atoms with Crippen molar-refractivity contribution in [2.24, 2.45) is 5.14 Å². The fraction of sp³-hybridized carbons (Fsp3) is 0.320. The molecule has 3 aromatic rings. The van der Waals surface area contributed by atoms with Crippen LogP contribution in [-0.4, -0.2) is 111 Å². The molecule has 0 spiro atoms. The summed E-state index contributed by atoms with van der Waals surface area (Å²) in [5.41, 5.74) is 1.27. The number of H-pyrrole nitrogens is 1. The van der Waals surface area contributed by atoms with Crippen molar-refractivity contribution in [1.82, 2.24) is 19.8 Å². The molecule has 45 heavy (non-hydrogen) atoms. The smallest absolute Gasteiger partial charge is 0.414 e. The fourth-order valence-corrected chi connectivity index (χ4v) is 5.45. The lowest BCUT2D eigenvalue weighted by Gasteiger charge is -2.33. The summed E-state index contributed by atoms with van der Waals surface area (Å²) in [6.45, 7) is 7.52. The van der Waals surface area contributed by atoms with Crippen LogP contribution in [0.4, 0.5) is 5.69 Å². The molecule has 0 radical (unpaired) electrons. The van der Waals surface area contributed by atoms with Gasteiger partial charge in [0.2, 0.25) is 15.9 Å². The highest BCUT2D eigenvalue weighted by atomic mass is 32.2. The lowest BCUT2D eigenvalue weighted by Crippen LogP contribution is -2.48. The number of primary sulfonamides is 1. The first-order valence-corrected chi connectivity index (χ1v) is 15.0. The first-order chi connectivity index (χ1) is 20.9. The van der Waals surface area contributed by atoms with E-state index in [1.807, 2.05) is 18.7 Å². The molecule has 1 aliphatic heterocycles. The van der Waals surface area contributed by atoms with Gasteiger partial charge in [-0.25, -0.2) is 37.7 Å². The number of benzene rings is 1. The number of nitrogens with two attached hydrogens (primary N) is 1. The molecule has 2 aromatic heterocycles. The minimum Gasteiger partial charge on any atom is -0.473 e. The topological polar surface area (TPSA) is 291 Å². The second-order valence-corrected chi connectivity index (χ2v) is 12.1. The average molecular weight is 671 g/mol. The number of carboxylic acid groups (broad SMARTS) is 4. The number of rotatable bonds is 6. The summed E-state index contributed by atoms with van der Waals surface area (Å²) in [6.07, 6.45) is 0. The van der Waals surface area contributed by atoms with Crippen LogP contribution in [0.2, 0.25) is 0 Å². The monoisotopic (exact) mass is 670 g/mol. The highest BCUT2D eigenvalue weighted by molar-refractivity contribution is 7.89. The third kappa shape index (κ3) is 11.4. The van der Waals surface area contributed by atoms with Crippen LogP contribution >= 0.6 is 11.3 Å². The van der Waals surface area contributed by atoms with Crippen molar-refractivity contribution in [2.75, 3.05) is 38.0 Å². The summed E-state index contributed by atoms with van der Waals surface area (Å²) in [4.78, 5) is 74.9. The number of amides is 1. The van der Waals surface area contributed by atoms with Crippen molar-refractivity contribution in [2.45, 2.75) is 25.3 Å². The van der Waals surface area contributed by atoms with Crippen molar-refractivity contribution in [1.29, 1.82) is 0 Å². The number of hydrogen-bond acceptors (Lipinski definition) is 12. The summed E-state index contributed by atoms with van der Waals surface area (Å²) >= 11 is 1.54. The van der Waals surface area contributed by atoms with Gasteiger partial charge in [-0.3, -0.25) is 19.4 Å². The number of carbonyl (C=O) groups is 5. The van der Waals surface area contributed by atoms with Gasteiger partial charge in [0.15, 0.2) is 0 Å². The summed E-state index contributed by atoms with van der Waals surface area (Å²) in [5.74, 6) is -6.88. The Morgan fingerprint density at radius 2 is 1.49 bits per heavy atom. The van der Waals surface area contributed by atoms with Gasteiger partial charge in [-0.2, -0.15) is 0 Å². The lowest BCUT2D eigenvalue weighted by atomic mass is 10.2. The quantitative estimate of drug-likeness (QED) is 0.160. The Bertz CT molecular complexity index is 1710. The molecular weight excluding hydrogens is 640 g/mol. The highest BCUT2D eigenvalue weighted by Crippen LogP contribution is 2.25. The largest absolute Gasteiger partial charge is 0.473 e. The number of nitrogens with zero attached hydrogens (tertiary/aromatic N) is 3. The summed E-state index contributed by atoms with van der Waals surface area (Å²) in [6, 6.07) is 5.87. The number of carboxylic acids is 4. The molecule has 0 saturated carbocycles. The van der Waals surface area contributed by atoms with Crippen LogP contribution in [0, 0.1) is 13.8 Å². The number of fused-ring (bicyclic) bond motifs is 1. The summed E-state index contributed by atoms with van der Waals surface area (Å²) in [7, 11) is -3.83. The molecule has 0 aliphatic carbocycles. The maximum absolute atomic E-state index is 12.5. The molecule has 20 heteroatoms. The molecule has 8 N–H and O–H groups in total. The number of carbonyl (C=O) groups excluding carboxylic acids is 1. The van der Waals surface area contributed by atoms with Crippen LogP contribution in [0.3, 0.4) is 0 Å². The summed E-state index contributed by atoms with van der Waals surface area (Å²) < 4.78 is 23.0. The van der Waals surface area contributed by atoms with E-state index in [4.69, 9.17) is 44.7 Å². The molecule has 3 heterocycles. The maximum atomic E-state index is 12.5. The van der Waals surface area contributed by atoms with Gasteiger partial charge in [-0.15, -0.1) is 11.3 Å². The van der Waals surface area contributed by atoms with Crippen LogP contribution in [0.1, 0.15) is 16.3 Å². The number of aromatic amines is 1. The van der Waals surface area contributed by atoms with Crippen LogP contribution in [0.25, 0.3) is 10.2 Å². The Morgan fingerprint density at radius 1 is 0.956 bits per heavy atom. The van der Waals surface area contributed by atoms with Crippen LogP contribution in [-0.2, 0) is 40.5 Å². The van der Waals surface area contributed by atoms with Crippen molar-refractivity contribution in [3.63, 3.8) is 0 Å². The zero-order chi connectivity index (χ0) is 34.1. The third-order valence-corrected chi connectivity index (χ3v) is 8.12. The van der Waals surface area contributed by atoms with Crippen LogP contribution in [0.15, 0.2) is 34.0 Å². The molecule has 4 rings (SSSR count). The number of piperazine rings is 1. The zero-order valence-corrected chi connectivity index (χ0v) is 25.5. The van der Waals surface area contributed by atoms with Crippen LogP contribution < -0.4 is 16.0 Å². The van der Waals surface area contributed by atoms with Crippen LogP contribution in [0.5, 0.6) is 0 Å². The number of anilines is 1. The van der Waals surface area contributed by atoms with Gasteiger partial charge in [0, 0.05) is 36.7 Å². The molecule has 1 saturated heterocycles. The van der Waals surface area contributed by atoms with Crippen molar-refractivity contribution in [3.8, 4) is 0 Å². The molecule has 1 aromatic carbocycles. The van der Waals surface area contributed by atoms with E-state index in [1.54, 1.807) is 6.07 Å². The van der Waals surface area contributed by atoms with Gasteiger partial charge in [0.05, 0.1) is 23.4 Å². The molecule has 1 fully saturated rings. The van der Waals surface area contributed by atoms with Gasteiger partial charge >= 0.3 is 23.9 Å². The van der Waals surface area contributed by atoms with E-state index in [0.29, 0.717) is 36.5 Å². The normalized spacial score (nSPS) is 13.5. The first-order valence-electron chi connectivity index (χ1n) is 12.7. The van der Waals surface area contributed by atoms with Gasteiger partial charge in [-0.1, -0.05) is 6.07 Å². The van der Waals surface area contributed by atoms with E-state index in [2.05, 4.69) is 20.2 Å². The standard InChI is InChI=1S/C21H26N6O4S2.2C2H2O4/c1-13-14(2)32-21-19(13)20(29)24-17(25-21)11-26-6-8-27(9-7-26)12-18(28)23-15-4-3-5-16(10-15)33(22,30)31;2*3-1(4)2(5)6/h3-5,10H,6-9,11-12H2,1-2H3,(H,23,28)(H2,22,30,31)(H,24,25,29);2*(H,3,4)(H,5,6). The third-order valence-electron chi connectivity index (χ3n) is 6.11. The minimum atomic E-state index is -3.83. The van der Waals surface area contributed by atoms with Gasteiger partial charge < -0.3 is 30.7 Å². The second-order valence-electron chi connectivity index (χ2n) is 9.37. The SMILES string of the molecule is Cc1sc2nc(CN3CCN(CC(=O)Nc4cccc(S(N)(=O)=O)c4)CC3)[nH]c(=O)c2c1C.O=C(O)C(=O)O.O=C(O)C(=O)O. The van der Waals surface area contributed by atoms with E-state index >= 15 is 0 Å². The highest BCUT2D eigenvalue weighted by Gasteiger charge is 2.21. The predicted molar refractivity (Wildman–Crippen MR) is 158 cm³/mol. The molecule has 0 atom stereocenters. The minimum absolute atomic E-state index is 0.0494. The molecule has 0 bridgehead atoms. The Morgan fingerprint density at radius 3 is 2.00 bits per heavy atom. The number of hydrogen-bond donors (Lipinski definition) is 7. The lowest BCUT2D eigenvalue weighted by molar-refractivity contribution is -0.159. The van der Waals surface area contributed by atoms with Crippen molar-refractivity contribution in [3.05, 3.63) is 50.9 Å². The number of aromatic nitrogens is 2. The number of nitrogens with one attached hydrogen (secondary N) is 2. The molecule has 18 nitrogen and oxygen atoms in total. The molecule has 244 valence electrons. The maximum Gasteiger partial charge on any atom is 0.414 e. The van der Waals surface area contributed by atoms with Crippen molar-refractivity contribution >= 4 is 67.0 Å². The van der Waals surface area contributed by atoms with E-state index in [9.17, 15) is 18.0 Å². The Balaban J connectivity index is 0.000000499. The Kier molecular flexibility index (Phi) is 12.8. The summed E-state index contributed by atoms with van der Waals surface area (Å²) in [5, 5.41) is 38.1. The average Bonchev–Trinajstić information content (AvgIpc) is 3.23. The van der Waals surface area contributed by atoms with Gasteiger partial charge in [-0.05, 0) is 37.6 Å². The fourth-order valence-electron chi connectivity index (χ4n) is 3.85. The number of sulfonamides is 1. The molecular formula is C25H30N6O12S2. The predicted octanol–water partition coefficient (Wildman–Crippen LogP) is -0.684. The second kappa shape index (κ2) is 15.8. The van der Waals surface area contributed by atoms with Crippen molar-refractivity contribution < 1.29 is 52.8 Å². The Labute approximate surface area is 258 Å². The van der Waals surface area contributed by atoms with E-state index in [0.717, 1.165) is 28.4 Å². The van der Waals surface area contributed by atoms with E-state index < -0.39 is 33.9 Å². The van der Waals surface area contributed by atoms with E-state index in [1.165, 1.54) is 29.5 Å². The number of thiophene rings is 1. The molecule has 1 aliphatic rings. The number of aryl methyl sites for hydroxylation is 2. The van der Waals surface area contributed by atoms with E-state index in [-0.39, 0.29) is 22.9 Å². The Hall–Kier alpha value is -4.76. The van der Waals surface area contributed by atoms with Gasteiger partial charge in [0.1, 0.15) is 10.7 Å². The first kappa shape index (κ1) is 36.4. The zero-order valence-electron chi connectivity index (χ0n) is 23.8.